The van der Waals surface area contributed by atoms with Gasteiger partial charge in [-0.3, -0.25) is 4.79 Å². The van der Waals surface area contributed by atoms with E-state index in [9.17, 15) is 4.79 Å². The Hall–Kier alpha value is -1.66. The first-order valence-electron chi connectivity index (χ1n) is 8.70. The van der Waals surface area contributed by atoms with Crippen LogP contribution in [0.4, 0.5) is 5.88 Å². The molecular formula is C19H27NO4S. The summed E-state index contributed by atoms with van der Waals surface area (Å²) < 4.78 is 16.4. The van der Waals surface area contributed by atoms with Gasteiger partial charge in [0.15, 0.2) is 11.5 Å². The van der Waals surface area contributed by atoms with Crippen LogP contribution in [0.1, 0.15) is 31.7 Å². The number of thioether (sulfide) groups is 1. The van der Waals surface area contributed by atoms with Crippen LogP contribution in [0.3, 0.4) is 0 Å². The molecule has 0 spiro atoms. The zero-order valence-corrected chi connectivity index (χ0v) is 15.9. The molecule has 25 heavy (non-hydrogen) atoms. The molecule has 0 aliphatic carbocycles. The molecule has 6 heteroatoms. The summed E-state index contributed by atoms with van der Waals surface area (Å²) in [4.78, 5) is 14.5. The molecule has 0 aliphatic heterocycles. The molecule has 2 aromatic rings. The van der Waals surface area contributed by atoms with E-state index in [1.165, 1.54) is 12.3 Å². The van der Waals surface area contributed by atoms with Gasteiger partial charge in [0, 0.05) is 31.7 Å². The van der Waals surface area contributed by atoms with Crippen molar-refractivity contribution in [1.29, 1.82) is 0 Å². The van der Waals surface area contributed by atoms with Gasteiger partial charge in [-0.1, -0.05) is 32.4 Å². The average Bonchev–Trinajstić information content (AvgIpc) is 3.03. The van der Waals surface area contributed by atoms with Crippen LogP contribution in [0.25, 0.3) is 17.2 Å². The Morgan fingerprint density at radius 1 is 1.28 bits per heavy atom. The molecule has 0 N–H and O–H groups in total. The number of methoxy groups -OCH3 is 1. The lowest BCUT2D eigenvalue weighted by atomic mass is 10.2. The molecule has 0 radical (unpaired) electrons. The van der Waals surface area contributed by atoms with Crippen molar-refractivity contribution in [1.82, 2.24) is 0 Å². The fourth-order valence-corrected chi connectivity index (χ4v) is 3.39. The van der Waals surface area contributed by atoms with Crippen LogP contribution in [-0.2, 0) is 4.74 Å². The highest BCUT2D eigenvalue weighted by Crippen LogP contribution is 2.25. The van der Waals surface area contributed by atoms with E-state index >= 15 is 0 Å². The number of hydrogen-bond acceptors (Lipinski definition) is 6. The predicted octanol–water partition coefficient (Wildman–Crippen LogP) is 4.41. The van der Waals surface area contributed by atoms with E-state index in [1.807, 2.05) is 11.8 Å². The highest BCUT2D eigenvalue weighted by atomic mass is 32.2. The van der Waals surface area contributed by atoms with Crippen molar-refractivity contribution in [3.63, 3.8) is 0 Å². The van der Waals surface area contributed by atoms with Crippen LogP contribution in [0.2, 0.25) is 0 Å². The van der Waals surface area contributed by atoms with Gasteiger partial charge in [-0.15, -0.1) is 0 Å². The van der Waals surface area contributed by atoms with Gasteiger partial charge in [0.1, 0.15) is 6.26 Å². The number of unbranched alkanes of at least 4 members (excludes halogenated alkanes) is 2. The highest BCUT2D eigenvalue weighted by molar-refractivity contribution is 7.99. The van der Waals surface area contributed by atoms with Crippen molar-refractivity contribution in [2.45, 2.75) is 26.2 Å². The monoisotopic (exact) mass is 365 g/mol. The quantitative estimate of drug-likeness (QED) is 0.520. The normalized spacial score (nSPS) is 11.1. The lowest BCUT2D eigenvalue weighted by Gasteiger charge is -2.23. The van der Waals surface area contributed by atoms with E-state index < -0.39 is 0 Å². The molecule has 2 heterocycles. The molecule has 0 amide bonds. The second-order valence-corrected chi connectivity index (χ2v) is 7.03. The zero-order valence-electron chi connectivity index (χ0n) is 15.1. The van der Waals surface area contributed by atoms with Crippen LogP contribution in [-0.4, -0.2) is 38.3 Å². The molecule has 0 fully saturated rings. The lowest BCUT2D eigenvalue weighted by molar-refractivity contribution is 0.218. The molecule has 0 aromatic carbocycles. The topological polar surface area (TPSA) is 55.8 Å². The summed E-state index contributed by atoms with van der Waals surface area (Å²) in [6, 6.07) is 1.53. The molecule has 0 unspecified atom stereocenters. The number of furan rings is 1. The molecule has 138 valence electrons. The summed E-state index contributed by atoms with van der Waals surface area (Å²) in [6.07, 6.45) is 6.53. The highest BCUT2D eigenvalue weighted by Gasteiger charge is 2.16. The largest absolute Gasteiger partial charge is 0.456 e. The predicted molar refractivity (Wildman–Crippen MR) is 106 cm³/mol. The first-order valence-corrected chi connectivity index (χ1v) is 9.86. The number of fused-ring (bicyclic) bond motifs is 1. The SMILES string of the molecule is C=Cc1coc2c(=O)cc(N(CCCCC)CCSCCOC)oc12. The van der Waals surface area contributed by atoms with E-state index in [-0.39, 0.29) is 11.0 Å². The Morgan fingerprint density at radius 2 is 2.12 bits per heavy atom. The Labute approximate surface area is 153 Å². The maximum Gasteiger partial charge on any atom is 0.230 e. The molecule has 0 saturated carbocycles. The van der Waals surface area contributed by atoms with Gasteiger partial charge in [0.25, 0.3) is 0 Å². The average molecular weight is 365 g/mol. The minimum Gasteiger partial charge on any atom is -0.456 e. The van der Waals surface area contributed by atoms with Crippen molar-refractivity contribution in [2.75, 3.05) is 43.2 Å². The van der Waals surface area contributed by atoms with Gasteiger partial charge in [-0.05, 0) is 6.42 Å². The maximum atomic E-state index is 12.3. The summed E-state index contributed by atoms with van der Waals surface area (Å²) in [5.74, 6) is 2.52. The zero-order chi connectivity index (χ0) is 18.1. The fourth-order valence-electron chi connectivity index (χ4n) is 2.55. The summed E-state index contributed by atoms with van der Waals surface area (Å²) in [6.45, 7) is 8.37. The first-order chi connectivity index (χ1) is 12.2. The smallest absolute Gasteiger partial charge is 0.230 e. The van der Waals surface area contributed by atoms with Gasteiger partial charge in [-0.2, -0.15) is 11.8 Å². The lowest BCUT2D eigenvalue weighted by Crippen LogP contribution is -2.28. The van der Waals surface area contributed by atoms with Gasteiger partial charge >= 0.3 is 0 Å². The van der Waals surface area contributed by atoms with Crippen molar-refractivity contribution < 1.29 is 13.6 Å². The Kier molecular flexibility index (Phi) is 8.15. The molecule has 0 atom stereocenters. The molecule has 2 rings (SSSR count). The summed E-state index contributed by atoms with van der Waals surface area (Å²) in [5, 5.41) is 0. The summed E-state index contributed by atoms with van der Waals surface area (Å²) in [5.41, 5.74) is 1.28. The maximum absolute atomic E-state index is 12.3. The molecule has 0 aliphatic rings. The Balaban J connectivity index is 2.17. The van der Waals surface area contributed by atoms with E-state index in [4.69, 9.17) is 13.6 Å². The van der Waals surface area contributed by atoms with Gasteiger partial charge in [0.2, 0.25) is 11.0 Å². The molecule has 2 aromatic heterocycles. The second kappa shape index (κ2) is 10.4. The van der Waals surface area contributed by atoms with Crippen molar-refractivity contribution in [3.8, 4) is 0 Å². The van der Waals surface area contributed by atoms with Gasteiger partial charge < -0.3 is 18.5 Å². The van der Waals surface area contributed by atoms with Crippen molar-refractivity contribution in [2.24, 2.45) is 0 Å². The van der Waals surface area contributed by atoms with Crippen LogP contribution in [0, 0.1) is 0 Å². The van der Waals surface area contributed by atoms with Crippen molar-refractivity contribution >= 4 is 34.9 Å². The van der Waals surface area contributed by atoms with Gasteiger partial charge in [-0.25, -0.2) is 0 Å². The molecule has 5 nitrogen and oxygen atoms in total. The number of nitrogens with zero attached hydrogens (tertiary/aromatic N) is 1. The third-order valence-electron chi connectivity index (χ3n) is 3.96. The fraction of sp³-hybridized carbons (Fsp3) is 0.526. The molecule has 0 bridgehead atoms. The number of ether oxygens (including phenoxy) is 1. The number of hydrogen-bond donors (Lipinski definition) is 0. The van der Waals surface area contributed by atoms with Crippen LogP contribution in [0.5, 0.6) is 0 Å². The standard InChI is InChI=1S/C19H27NO4S/c1-4-6-7-8-20(9-11-25-12-10-22-3)17-13-16(21)19-18(24-17)15(5-2)14-23-19/h5,13-14H,2,4,6-12H2,1,3H3. The van der Waals surface area contributed by atoms with Crippen molar-refractivity contribution in [3.05, 3.63) is 34.7 Å². The molecular weight excluding hydrogens is 338 g/mol. The van der Waals surface area contributed by atoms with Crippen LogP contribution < -0.4 is 10.3 Å². The summed E-state index contributed by atoms with van der Waals surface area (Å²) >= 11 is 1.84. The molecule has 0 saturated heterocycles. The third kappa shape index (κ3) is 5.41. The number of anilines is 1. The minimum atomic E-state index is -0.156. The van der Waals surface area contributed by atoms with E-state index in [1.54, 1.807) is 13.2 Å². The van der Waals surface area contributed by atoms with Gasteiger partial charge in [0.05, 0.1) is 18.2 Å². The number of rotatable bonds is 12. The third-order valence-corrected chi connectivity index (χ3v) is 4.88. The summed E-state index contributed by atoms with van der Waals surface area (Å²) in [7, 11) is 1.71. The minimum absolute atomic E-state index is 0.156. The Bertz CT molecular complexity index is 722. The van der Waals surface area contributed by atoms with E-state index in [2.05, 4.69) is 18.4 Å². The van der Waals surface area contributed by atoms with E-state index in [0.717, 1.165) is 50.5 Å². The Morgan fingerprint density at radius 3 is 2.84 bits per heavy atom. The van der Waals surface area contributed by atoms with E-state index in [0.29, 0.717) is 17.0 Å². The second-order valence-electron chi connectivity index (χ2n) is 5.80. The van der Waals surface area contributed by atoms with Crippen LogP contribution >= 0.6 is 11.8 Å². The van der Waals surface area contributed by atoms with Crippen LogP contribution in [0.15, 0.2) is 32.5 Å². The first kappa shape index (κ1) is 19.7.